The molecule has 28 heavy (non-hydrogen) atoms. The molecule has 2 aromatic carbocycles. The zero-order valence-corrected chi connectivity index (χ0v) is 17.9. The zero-order valence-electron chi connectivity index (χ0n) is 14.7. The van der Waals surface area contributed by atoms with Crippen LogP contribution in [0.1, 0.15) is 29.0 Å². The lowest BCUT2D eigenvalue weighted by Crippen LogP contribution is -2.31. The Morgan fingerprint density at radius 2 is 1.86 bits per heavy atom. The molecule has 0 aliphatic heterocycles. The van der Waals surface area contributed by atoms with Gasteiger partial charge in [0.1, 0.15) is 11.5 Å². The standard InChI is InChI=1S/C19H16BrFN4OS2/c1-11(15-7-2-12(20)8-16(15)21)23-19(27)25-14-5-3-13(4-6-14)24-18(26)17-9-28-10-22-17/h2-11H,1H3,(H,24,26)(H2,23,25,27). The summed E-state index contributed by atoms with van der Waals surface area (Å²) >= 11 is 9.92. The normalized spacial score (nSPS) is 11.5. The van der Waals surface area contributed by atoms with Crippen molar-refractivity contribution in [3.05, 3.63) is 74.9 Å². The minimum Gasteiger partial charge on any atom is -0.356 e. The van der Waals surface area contributed by atoms with Gasteiger partial charge in [-0.15, -0.1) is 11.3 Å². The Kier molecular flexibility index (Phi) is 6.71. The number of halogens is 2. The first-order valence-corrected chi connectivity index (χ1v) is 10.4. The largest absolute Gasteiger partial charge is 0.356 e. The molecule has 5 nitrogen and oxygen atoms in total. The van der Waals surface area contributed by atoms with Gasteiger partial charge in [-0.3, -0.25) is 4.79 Å². The lowest BCUT2D eigenvalue weighted by molar-refractivity contribution is 0.102. The highest BCUT2D eigenvalue weighted by atomic mass is 79.9. The van der Waals surface area contributed by atoms with Crippen molar-refractivity contribution in [2.75, 3.05) is 10.6 Å². The van der Waals surface area contributed by atoms with Crippen LogP contribution in [0.4, 0.5) is 15.8 Å². The fraction of sp³-hybridized carbons (Fsp3) is 0.105. The topological polar surface area (TPSA) is 66.0 Å². The van der Waals surface area contributed by atoms with Gasteiger partial charge in [-0.05, 0) is 55.5 Å². The lowest BCUT2D eigenvalue weighted by atomic mass is 10.1. The van der Waals surface area contributed by atoms with Gasteiger partial charge in [-0.25, -0.2) is 9.37 Å². The molecular formula is C19H16BrFN4OS2. The molecule has 9 heteroatoms. The van der Waals surface area contributed by atoms with Crippen LogP contribution in [0.3, 0.4) is 0 Å². The molecule has 0 spiro atoms. The summed E-state index contributed by atoms with van der Waals surface area (Å²) in [5.41, 5.74) is 3.90. The minimum atomic E-state index is -0.308. The average molecular weight is 479 g/mol. The number of thiocarbonyl (C=S) groups is 1. The predicted molar refractivity (Wildman–Crippen MR) is 118 cm³/mol. The van der Waals surface area contributed by atoms with E-state index in [1.807, 2.05) is 6.92 Å². The van der Waals surface area contributed by atoms with E-state index in [-0.39, 0.29) is 17.8 Å². The van der Waals surface area contributed by atoms with Crippen LogP contribution in [-0.2, 0) is 0 Å². The van der Waals surface area contributed by atoms with Crippen LogP contribution in [0.25, 0.3) is 0 Å². The average Bonchev–Trinajstić information content (AvgIpc) is 3.18. The van der Waals surface area contributed by atoms with Gasteiger partial charge in [0, 0.05) is 26.8 Å². The van der Waals surface area contributed by atoms with Crippen LogP contribution < -0.4 is 16.0 Å². The number of thiazole rings is 1. The summed E-state index contributed by atoms with van der Waals surface area (Å²) < 4.78 is 14.7. The highest BCUT2D eigenvalue weighted by Crippen LogP contribution is 2.21. The quantitative estimate of drug-likeness (QED) is 0.431. The second-order valence-corrected chi connectivity index (χ2v) is 7.93. The molecule has 1 unspecified atom stereocenters. The maximum absolute atomic E-state index is 14.1. The number of amides is 1. The summed E-state index contributed by atoms with van der Waals surface area (Å²) in [7, 11) is 0. The van der Waals surface area contributed by atoms with Gasteiger partial charge in [0.2, 0.25) is 0 Å². The fourth-order valence-electron chi connectivity index (χ4n) is 2.45. The van der Waals surface area contributed by atoms with Crippen LogP contribution in [0, 0.1) is 5.82 Å². The fourth-order valence-corrected chi connectivity index (χ4v) is 3.61. The summed E-state index contributed by atoms with van der Waals surface area (Å²) in [5, 5.41) is 10.9. The van der Waals surface area contributed by atoms with Gasteiger partial charge in [-0.2, -0.15) is 0 Å². The highest BCUT2D eigenvalue weighted by molar-refractivity contribution is 9.10. The molecule has 3 aromatic rings. The Morgan fingerprint density at radius 1 is 1.18 bits per heavy atom. The summed E-state index contributed by atoms with van der Waals surface area (Å²) in [6.07, 6.45) is 0. The van der Waals surface area contributed by atoms with Crippen LogP contribution >= 0.6 is 39.5 Å². The molecule has 3 rings (SSSR count). The molecular weight excluding hydrogens is 463 g/mol. The smallest absolute Gasteiger partial charge is 0.275 e. The molecule has 144 valence electrons. The van der Waals surface area contributed by atoms with E-state index >= 15 is 0 Å². The molecule has 1 heterocycles. The molecule has 1 aromatic heterocycles. The van der Waals surface area contributed by atoms with Gasteiger partial charge in [0.05, 0.1) is 11.6 Å². The molecule has 0 fully saturated rings. The molecule has 0 saturated carbocycles. The summed E-state index contributed by atoms with van der Waals surface area (Å²) in [5.74, 6) is -0.568. The van der Waals surface area contributed by atoms with Crippen LogP contribution in [-0.4, -0.2) is 16.0 Å². The third-order valence-corrected chi connectivity index (χ3v) is 5.14. The predicted octanol–water partition coefficient (Wildman–Crippen LogP) is 5.34. The van der Waals surface area contributed by atoms with E-state index in [0.717, 1.165) is 5.69 Å². The van der Waals surface area contributed by atoms with E-state index in [2.05, 4.69) is 36.9 Å². The molecule has 1 amide bonds. The minimum absolute atomic E-state index is 0.260. The molecule has 3 N–H and O–H groups in total. The van der Waals surface area contributed by atoms with Gasteiger partial charge in [0.15, 0.2) is 5.11 Å². The van der Waals surface area contributed by atoms with Crippen molar-refractivity contribution in [3.63, 3.8) is 0 Å². The van der Waals surface area contributed by atoms with Crippen molar-refractivity contribution in [1.82, 2.24) is 10.3 Å². The number of hydrogen-bond acceptors (Lipinski definition) is 4. The molecule has 0 radical (unpaired) electrons. The van der Waals surface area contributed by atoms with Crippen molar-refractivity contribution >= 4 is 61.9 Å². The van der Waals surface area contributed by atoms with Crippen LogP contribution in [0.2, 0.25) is 0 Å². The van der Waals surface area contributed by atoms with E-state index in [1.165, 1.54) is 17.4 Å². The number of hydrogen-bond donors (Lipinski definition) is 3. The number of anilines is 2. The Labute approximate surface area is 179 Å². The molecule has 0 saturated heterocycles. The van der Waals surface area contributed by atoms with Gasteiger partial charge in [-0.1, -0.05) is 22.0 Å². The Bertz CT molecular complexity index is 980. The maximum Gasteiger partial charge on any atom is 0.275 e. The monoisotopic (exact) mass is 478 g/mol. The lowest BCUT2D eigenvalue weighted by Gasteiger charge is -2.18. The third kappa shape index (κ3) is 5.34. The van der Waals surface area contributed by atoms with Crippen molar-refractivity contribution in [1.29, 1.82) is 0 Å². The molecule has 0 bridgehead atoms. The van der Waals surface area contributed by atoms with Gasteiger partial charge in [0.25, 0.3) is 5.91 Å². The number of carbonyl (C=O) groups excluding carboxylic acids is 1. The third-order valence-electron chi connectivity index (χ3n) is 3.84. The summed E-state index contributed by atoms with van der Waals surface area (Å²) in [4.78, 5) is 16.0. The maximum atomic E-state index is 14.1. The van der Waals surface area contributed by atoms with E-state index in [1.54, 1.807) is 47.3 Å². The first kappa shape index (κ1) is 20.4. The number of nitrogens with zero attached hydrogens (tertiary/aromatic N) is 1. The van der Waals surface area contributed by atoms with E-state index in [0.29, 0.717) is 26.5 Å². The SMILES string of the molecule is CC(NC(=S)Nc1ccc(NC(=O)c2cscn2)cc1)c1ccc(Br)cc1F. The van der Waals surface area contributed by atoms with E-state index in [9.17, 15) is 9.18 Å². The van der Waals surface area contributed by atoms with Crippen LogP contribution in [0.15, 0.2) is 57.8 Å². The number of aromatic nitrogens is 1. The first-order chi connectivity index (χ1) is 13.4. The molecule has 1 atom stereocenters. The van der Waals surface area contributed by atoms with Crippen molar-refractivity contribution in [3.8, 4) is 0 Å². The van der Waals surface area contributed by atoms with Crippen molar-refractivity contribution in [2.24, 2.45) is 0 Å². The van der Waals surface area contributed by atoms with Crippen molar-refractivity contribution in [2.45, 2.75) is 13.0 Å². The molecule has 0 aliphatic carbocycles. The van der Waals surface area contributed by atoms with Gasteiger partial charge < -0.3 is 16.0 Å². The second-order valence-electron chi connectivity index (χ2n) is 5.89. The summed E-state index contributed by atoms with van der Waals surface area (Å²) in [6, 6.07) is 11.7. The Balaban J connectivity index is 1.56. The first-order valence-electron chi connectivity index (χ1n) is 8.24. The Hall–Kier alpha value is -2.36. The number of nitrogens with one attached hydrogen (secondary N) is 3. The Morgan fingerprint density at radius 3 is 2.46 bits per heavy atom. The van der Waals surface area contributed by atoms with E-state index in [4.69, 9.17) is 12.2 Å². The van der Waals surface area contributed by atoms with Crippen LogP contribution in [0.5, 0.6) is 0 Å². The summed E-state index contributed by atoms with van der Waals surface area (Å²) in [6.45, 7) is 1.83. The van der Waals surface area contributed by atoms with Gasteiger partial charge >= 0.3 is 0 Å². The second kappa shape index (κ2) is 9.22. The van der Waals surface area contributed by atoms with E-state index < -0.39 is 0 Å². The number of carbonyl (C=O) groups is 1. The number of rotatable bonds is 5. The molecule has 0 aliphatic rings. The zero-order chi connectivity index (χ0) is 20.1. The highest BCUT2D eigenvalue weighted by Gasteiger charge is 2.12. The number of benzene rings is 2. The van der Waals surface area contributed by atoms with Crippen molar-refractivity contribution < 1.29 is 9.18 Å².